The third-order valence-corrected chi connectivity index (χ3v) is 25.9. The van der Waals surface area contributed by atoms with Gasteiger partial charge in [0.05, 0.1) is 74.9 Å². The van der Waals surface area contributed by atoms with Crippen molar-refractivity contribution in [1.82, 2.24) is 63.5 Å². The molecule has 21 aromatic rings. The molecule has 25 heteroatoms. The van der Waals surface area contributed by atoms with Gasteiger partial charge in [-0.25, -0.2) is 33.2 Å². The van der Waals surface area contributed by atoms with Crippen molar-refractivity contribution in [1.29, 1.82) is 0 Å². The van der Waals surface area contributed by atoms with Gasteiger partial charge in [-0.1, -0.05) is 93.1 Å². The average Bonchev–Trinajstić information content (AvgIpc) is 1.57. The molecule has 0 spiro atoms. The zero-order chi connectivity index (χ0) is 70.2. The van der Waals surface area contributed by atoms with Gasteiger partial charge < -0.3 is 8.83 Å². The summed E-state index contributed by atoms with van der Waals surface area (Å²) in [4.78, 5) is 44.9. The third-order valence-electron chi connectivity index (χ3n) is 19.8. The first-order valence-corrected chi connectivity index (χ1v) is 37.2. The van der Waals surface area contributed by atoms with Gasteiger partial charge >= 0.3 is 28.5 Å². The molecule has 5 aliphatic rings. The lowest BCUT2D eigenvalue weighted by atomic mass is 10.2. The summed E-state index contributed by atoms with van der Waals surface area (Å²) in [6.07, 6.45) is 27.4. The van der Waals surface area contributed by atoms with Crippen LogP contribution in [0.3, 0.4) is 0 Å². The van der Waals surface area contributed by atoms with E-state index in [1.54, 1.807) is 48.4 Å². The Hall–Kier alpha value is -12.1. The molecule has 20 aromatic heterocycles. The van der Waals surface area contributed by atoms with Gasteiger partial charge in [-0.2, -0.15) is 13.7 Å². The molecule has 0 unspecified atom stereocenters. The molecule has 103 heavy (non-hydrogen) atoms. The molecule has 0 N–H and O–H groups in total. The van der Waals surface area contributed by atoms with Crippen molar-refractivity contribution in [3.63, 3.8) is 0 Å². The highest BCUT2D eigenvalue weighted by Crippen LogP contribution is 2.45. The van der Waals surface area contributed by atoms with E-state index in [1.807, 2.05) is 154 Å². The molecule has 0 radical (unpaired) electrons. The molecule has 0 aliphatic carbocycles. The van der Waals surface area contributed by atoms with Crippen molar-refractivity contribution in [2.75, 3.05) is 0 Å². The van der Waals surface area contributed by atoms with E-state index < -0.39 is 6.98 Å². The molecular weight excluding hydrogens is 1380 g/mol. The van der Waals surface area contributed by atoms with Crippen molar-refractivity contribution in [2.24, 2.45) is 14.0 Å². The number of nitrogens with zero attached hydrogens (tertiary/aromatic N) is 18. The first-order valence-electron chi connectivity index (χ1n) is 34.7. The summed E-state index contributed by atoms with van der Waals surface area (Å²) < 4.78 is 59.3. The van der Waals surface area contributed by atoms with Gasteiger partial charge in [0.2, 0.25) is 15.6 Å². The maximum atomic E-state index is 7.91. The van der Waals surface area contributed by atoms with Crippen LogP contribution in [0.15, 0.2) is 223 Å². The van der Waals surface area contributed by atoms with E-state index in [0.29, 0.717) is 29.2 Å². The predicted octanol–water partition coefficient (Wildman–Crippen LogP) is 14.5. The fourth-order valence-electron chi connectivity index (χ4n) is 15.2. The highest BCUT2D eigenvalue weighted by molar-refractivity contribution is 7.32. The minimum absolute atomic E-state index is 0.542. The molecule has 0 saturated carbocycles. The SMILES string of the molecule is Cn1c2cnccc2c2sc3[n+](c21)Cc1cccnc1-3.[2H]C([2H])([2H])n1c2cnccc2c2oc3[n+](c21)Cc1cccnc1-3.c1ccc(-n2c3cnccc3c3sc4[n+](c32)Cc2cccnc2-4)cc1.c1cnc2c(c1)C[n+]1c-2sc2c3ccncc3oc21.c1cnc2c(c1)C[n+]1c-2sc2c3ccncc3sc21. The second kappa shape index (κ2) is 22.7. The minimum Gasteiger partial charge on any atom is -0.412 e. The molecule has 20 nitrogen and oxygen atoms in total. The molecule has 5 aliphatic heterocycles. The molecule has 1 aromatic carbocycles. The normalized spacial score (nSPS) is 13.5. The van der Waals surface area contributed by atoms with Crippen molar-refractivity contribution in [2.45, 2.75) is 32.7 Å². The van der Waals surface area contributed by atoms with Crippen LogP contribution in [0.4, 0.5) is 0 Å². The molecule has 0 atom stereocenters. The summed E-state index contributed by atoms with van der Waals surface area (Å²) in [5.74, 6) is 0.599. The highest BCUT2D eigenvalue weighted by atomic mass is 32.1. The van der Waals surface area contributed by atoms with E-state index in [9.17, 15) is 0 Å². The quantitative estimate of drug-likeness (QED) is 0.142. The molecule has 490 valence electrons. The Balaban J connectivity index is 0.0000000830. The highest BCUT2D eigenvalue weighted by Gasteiger charge is 2.40. The van der Waals surface area contributed by atoms with Crippen molar-refractivity contribution < 1.29 is 35.8 Å². The summed E-state index contributed by atoms with van der Waals surface area (Å²) >= 11 is 9.08. The van der Waals surface area contributed by atoms with Crippen LogP contribution in [-0.2, 0) is 46.7 Å². The predicted molar refractivity (Wildman–Crippen MR) is 400 cm³/mol. The number of oxazole rings is 1. The molecule has 25 heterocycles. The Kier molecular flexibility index (Phi) is 12.3. The van der Waals surface area contributed by atoms with E-state index in [1.165, 1.54) is 108 Å². The standard InChI is InChI=1S/C20H13N4S.C15H11N4O.C15H11N4S.C14H8N3OS.C14H8N3S2/c1-2-6-14(7-3-1)24-16-11-21-10-8-15(16)18-19(24)23-12-13-5-4-9-22-17(13)20(23)25-18;2*1-18-11-7-16-6-4-10(11)13-14(18)19-8-9-3-2-5-17-12(9)15(19)20-13;1-2-8-7-17-13-12(19-14(17)11(8)16-4-1)9-3-5-15-6-10(9)18-13;1-2-8-7-17-13(11(8)16-4-1)19-12-9-3-5-15-6-10(9)18-14(12)17/h1-11H,12H2;2*2-7H,8H2,1H3;2*1-6H,7H2/q5*+1/i;1D3;;;. The number of fused-ring (bicyclic) bond motifs is 35. The number of furan rings is 1. The number of para-hydroxylation sites is 1. The molecule has 0 saturated heterocycles. The molecular formula is C78H51N18O2S5+5. The second-order valence-electron chi connectivity index (χ2n) is 25.4. The summed E-state index contributed by atoms with van der Waals surface area (Å²) in [5.41, 5.74) is 20.9. The number of thiophene rings is 1. The first-order chi connectivity index (χ1) is 52.1. The van der Waals surface area contributed by atoms with Crippen LogP contribution in [0, 0.1) is 0 Å². The largest absolute Gasteiger partial charge is 0.412 e. The van der Waals surface area contributed by atoms with Crippen LogP contribution in [0.25, 0.3) is 166 Å². The molecule has 0 bridgehead atoms. The summed E-state index contributed by atoms with van der Waals surface area (Å²) in [6.45, 7) is 1.79. The van der Waals surface area contributed by atoms with Crippen molar-refractivity contribution in [3.8, 4) is 60.1 Å². The van der Waals surface area contributed by atoms with E-state index in [-0.39, 0.29) is 0 Å². The zero-order valence-corrected chi connectivity index (χ0v) is 58.2. The Bertz CT molecular complexity index is 7100. The summed E-state index contributed by atoms with van der Waals surface area (Å²) in [5, 5.41) is 10.7. The van der Waals surface area contributed by atoms with Gasteiger partial charge in [0, 0.05) is 95.6 Å². The fourth-order valence-corrected chi connectivity index (χ4v) is 21.8. The van der Waals surface area contributed by atoms with Crippen LogP contribution in [0.1, 0.15) is 31.9 Å². The van der Waals surface area contributed by atoms with Crippen molar-refractivity contribution >= 4 is 162 Å². The molecule has 26 rings (SSSR count). The Morgan fingerprint density at radius 2 is 0.854 bits per heavy atom. The Morgan fingerprint density at radius 3 is 1.50 bits per heavy atom. The summed E-state index contributed by atoms with van der Waals surface area (Å²) in [7, 11) is 2.11. The van der Waals surface area contributed by atoms with Crippen LogP contribution in [0.5, 0.6) is 0 Å². The van der Waals surface area contributed by atoms with E-state index in [4.69, 9.17) is 12.9 Å². The van der Waals surface area contributed by atoms with Crippen LogP contribution in [-0.4, -0.2) is 63.5 Å². The lowest BCUT2D eigenvalue weighted by molar-refractivity contribution is -0.652. The van der Waals surface area contributed by atoms with Gasteiger partial charge in [0.1, 0.15) is 50.8 Å². The number of aryl methyl sites for hydroxylation is 2. The Morgan fingerprint density at radius 1 is 0.379 bits per heavy atom. The molecule has 0 amide bonds. The smallest absolute Gasteiger partial charge is 0.393 e. The first kappa shape index (κ1) is 55.6. The third kappa shape index (κ3) is 8.73. The average molecular weight is 1440 g/mol. The van der Waals surface area contributed by atoms with Crippen LogP contribution >= 0.6 is 56.7 Å². The fraction of sp³-hybridized carbons (Fsp3) is 0.0897. The number of hydrogen-bond donors (Lipinski definition) is 0. The van der Waals surface area contributed by atoms with Gasteiger partial charge in [0.15, 0.2) is 57.0 Å². The maximum absolute atomic E-state index is 7.91. The summed E-state index contributed by atoms with van der Waals surface area (Å²) in [6, 6.07) is 41.1. The topological polar surface area (TPSA) is 189 Å². The number of benzene rings is 1. The number of rotatable bonds is 1. The lowest BCUT2D eigenvalue weighted by Crippen LogP contribution is -2.32. The second-order valence-corrected chi connectivity index (χ2v) is 30.5. The van der Waals surface area contributed by atoms with Gasteiger partial charge in [0.25, 0.3) is 14.8 Å². The van der Waals surface area contributed by atoms with Crippen LogP contribution < -0.4 is 22.8 Å². The minimum atomic E-state index is -2.32. The maximum Gasteiger partial charge on any atom is 0.393 e. The number of aromatic nitrogens is 18. The van der Waals surface area contributed by atoms with Gasteiger partial charge in [-0.05, 0) is 84.9 Å². The number of thiazole rings is 4. The molecule has 0 fully saturated rings. The zero-order valence-electron chi connectivity index (χ0n) is 57.2. The van der Waals surface area contributed by atoms with E-state index in [2.05, 4.69) is 157 Å². The monoisotopic (exact) mass is 1430 g/mol. The van der Waals surface area contributed by atoms with E-state index >= 15 is 0 Å². The Labute approximate surface area is 606 Å². The van der Waals surface area contributed by atoms with Gasteiger partial charge in [-0.15, -0.1) is 4.57 Å². The van der Waals surface area contributed by atoms with Crippen LogP contribution in [0.2, 0.25) is 0 Å². The number of pyridine rings is 10. The van der Waals surface area contributed by atoms with E-state index in [0.717, 1.165) is 93.5 Å². The number of hydrogen-bond acceptors (Lipinski definition) is 17. The van der Waals surface area contributed by atoms with Crippen molar-refractivity contribution in [3.05, 3.63) is 242 Å². The van der Waals surface area contributed by atoms with Gasteiger partial charge in [-0.3, -0.25) is 34.9 Å². The lowest BCUT2D eigenvalue weighted by Gasteiger charge is -2.00.